The van der Waals surface area contributed by atoms with Crippen molar-refractivity contribution in [3.05, 3.63) is 27.9 Å². The summed E-state index contributed by atoms with van der Waals surface area (Å²) >= 11 is 0. The van der Waals surface area contributed by atoms with E-state index in [1.54, 1.807) is 27.7 Å². The number of rotatable bonds is 2. The van der Waals surface area contributed by atoms with E-state index in [0.29, 0.717) is 5.56 Å². The van der Waals surface area contributed by atoms with E-state index < -0.39 is 16.6 Å². The first-order valence-corrected chi connectivity index (χ1v) is 5.29. The van der Waals surface area contributed by atoms with Gasteiger partial charge in [-0.25, -0.2) is 9.78 Å². The summed E-state index contributed by atoms with van der Waals surface area (Å²) < 4.78 is 0. The van der Waals surface area contributed by atoms with E-state index >= 15 is 0 Å². The van der Waals surface area contributed by atoms with Gasteiger partial charge in [0, 0.05) is 17.3 Å². The molecular formula is C11H15N3O4. The Balaban J connectivity index is 3.52. The average Bonchev–Trinajstić information content (AvgIpc) is 2.13. The third-order valence-electron chi connectivity index (χ3n) is 2.36. The van der Waals surface area contributed by atoms with Gasteiger partial charge < -0.3 is 5.11 Å². The van der Waals surface area contributed by atoms with Gasteiger partial charge in [-0.3, -0.25) is 15.0 Å². The van der Waals surface area contributed by atoms with Gasteiger partial charge in [0.05, 0.1) is 4.92 Å². The molecule has 0 saturated heterocycles. The van der Waals surface area contributed by atoms with Crippen LogP contribution in [-0.4, -0.2) is 26.6 Å². The van der Waals surface area contributed by atoms with Crippen molar-refractivity contribution in [2.75, 3.05) is 4.90 Å². The molecule has 0 unspecified atom stereocenters. The Morgan fingerprint density at radius 1 is 1.50 bits per heavy atom. The molecule has 0 fully saturated rings. The number of carbonyl (C=O) groups is 1. The first kappa shape index (κ1) is 13.9. The molecule has 0 atom stereocenters. The lowest BCUT2D eigenvalue weighted by molar-refractivity contribution is -0.384. The fourth-order valence-corrected chi connectivity index (χ4v) is 1.62. The van der Waals surface area contributed by atoms with E-state index in [2.05, 4.69) is 4.98 Å². The Morgan fingerprint density at radius 3 is 2.44 bits per heavy atom. The lowest BCUT2D eigenvalue weighted by Crippen LogP contribution is -2.46. The van der Waals surface area contributed by atoms with Crippen molar-refractivity contribution < 1.29 is 14.8 Å². The average molecular weight is 253 g/mol. The highest BCUT2D eigenvalue weighted by Gasteiger charge is 2.35. The number of pyridine rings is 1. The highest BCUT2D eigenvalue weighted by Crippen LogP contribution is 2.33. The highest BCUT2D eigenvalue weighted by atomic mass is 16.6. The molecule has 0 aliphatic rings. The molecule has 1 amide bonds. The third kappa shape index (κ3) is 2.55. The third-order valence-corrected chi connectivity index (χ3v) is 2.36. The van der Waals surface area contributed by atoms with Crippen LogP contribution in [0.25, 0.3) is 0 Å². The molecule has 0 saturated carbocycles. The summed E-state index contributed by atoms with van der Waals surface area (Å²) in [6, 6.07) is 1.48. The van der Waals surface area contributed by atoms with Crippen molar-refractivity contribution in [1.29, 1.82) is 0 Å². The molecule has 0 bridgehead atoms. The van der Waals surface area contributed by atoms with Crippen LogP contribution >= 0.6 is 0 Å². The zero-order valence-electron chi connectivity index (χ0n) is 10.7. The SMILES string of the molecule is Cc1ccnc(N(C(=O)O)C(C)(C)C)c1[N+](=O)[O-]. The second-order valence-electron chi connectivity index (χ2n) is 4.85. The fourth-order valence-electron chi connectivity index (χ4n) is 1.62. The molecule has 1 aromatic heterocycles. The fraction of sp³-hybridized carbons (Fsp3) is 0.455. The molecule has 0 aliphatic heterocycles. The molecule has 0 aliphatic carbocycles. The van der Waals surface area contributed by atoms with Crippen molar-refractivity contribution >= 4 is 17.6 Å². The minimum atomic E-state index is -1.27. The quantitative estimate of drug-likeness (QED) is 0.645. The van der Waals surface area contributed by atoms with Crippen LogP contribution in [-0.2, 0) is 0 Å². The molecule has 1 heterocycles. The number of carboxylic acid groups (broad SMARTS) is 1. The van der Waals surface area contributed by atoms with Gasteiger partial charge in [-0.15, -0.1) is 0 Å². The summed E-state index contributed by atoms with van der Waals surface area (Å²) in [7, 11) is 0. The van der Waals surface area contributed by atoms with Gasteiger partial charge in [-0.2, -0.15) is 0 Å². The van der Waals surface area contributed by atoms with Crippen molar-refractivity contribution in [1.82, 2.24) is 4.98 Å². The lowest BCUT2D eigenvalue weighted by Gasteiger charge is -2.31. The molecule has 1 N–H and O–H groups in total. The van der Waals surface area contributed by atoms with Gasteiger partial charge >= 0.3 is 11.8 Å². The number of nitro groups is 1. The van der Waals surface area contributed by atoms with E-state index in [9.17, 15) is 20.0 Å². The number of aryl methyl sites for hydroxylation is 1. The number of anilines is 1. The van der Waals surface area contributed by atoms with Gasteiger partial charge in [-0.1, -0.05) is 0 Å². The van der Waals surface area contributed by atoms with Crippen LogP contribution in [0, 0.1) is 17.0 Å². The maximum atomic E-state index is 11.3. The molecule has 1 aromatic rings. The van der Waals surface area contributed by atoms with E-state index in [0.717, 1.165) is 4.90 Å². The maximum absolute atomic E-state index is 11.3. The van der Waals surface area contributed by atoms with Gasteiger partial charge in [0.2, 0.25) is 5.82 Å². The van der Waals surface area contributed by atoms with E-state index in [1.807, 2.05) is 0 Å². The van der Waals surface area contributed by atoms with Crippen LogP contribution in [0.5, 0.6) is 0 Å². The Kier molecular flexibility index (Phi) is 3.54. The van der Waals surface area contributed by atoms with Gasteiger partial charge in [0.25, 0.3) is 0 Å². The Bertz CT molecular complexity index is 494. The standard InChI is InChI=1S/C11H15N3O4/c1-7-5-6-12-9(8(7)14(17)18)13(10(15)16)11(2,3)4/h5-6H,1-4H3,(H,15,16). The van der Waals surface area contributed by atoms with Crippen LogP contribution in [0.4, 0.5) is 16.3 Å². The number of nitrogens with zero attached hydrogens (tertiary/aromatic N) is 3. The Labute approximate surface area is 104 Å². The van der Waals surface area contributed by atoms with E-state index in [-0.39, 0.29) is 11.5 Å². The maximum Gasteiger partial charge on any atom is 0.413 e. The summed E-state index contributed by atoms with van der Waals surface area (Å²) in [5.41, 5.74) is -0.729. The normalized spacial score (nSPS) is 11.1. The van der Waals surface area contributed by atoms with Gasteiger partial charge in [-0.05, 0) is 33.8 Å². The van der Waals surface area contributed by atoms with Crippen LogP contribution in [0.1, 0.15) is 26.3 Å². The van der Waals surface area contributed by atoms with E-state index in [4.69, 9.17) is 0 Å². The topological polar surface area (TPSA) is 96.6 Å². The largest absolute Gasteiger partial charge is 0.465 e. The Hall–Kier alpha value is -2.18. The van der Waals surface area contributed by atoms with Gasteiger partial charge in [0.15, 0.2) is 0 Å². The van der Waals surface area contributed by atoms with Crippen molar-refractivity contribution in [2.45, 2.75) is 33.2 Å². The molecule has 1 rings (SSSR count). The molecule has 7 nitrogen and oxygen atoms in total. The van der Waals surface area contributed by atoms with Crippen molar-refractivity contribution in [3.63, 3.8) is 0 Å². The molecule has 7 heteroatoms. The molecule has 98 valence electrons. The monoisotopic (exact) mass is 253 g/mol. The second kappa shape index (κ2) is 4.59. The first-order chi connectivity index (χ1) is 8.16. The first-order valence-electron chi connectivity index (χ1n) is 5.29. The lowest BCUT2D eigenvalue weighted by atomic mass is 10.1. The van der Waals surface area contributed by atoms with E-state index in [1.165, 1.54) is 12.3 Å². The summed E-state index contributed by atoms with van der Waals surface area (Å²) in [4.78, 5) is 26.5. The number of amides is 1. The number of aromatic nitrogens is 1. The molecule has 18 heavy (non-hydrogen) atoms. The van der Waals surface area contributed by atoms with Crippen LogP contribution < -0.4 is 4.90 Å². The predicted octanol–water partition coefficient (Wildman–Crippen LogP) is 2.58. The minimum Gasteiger partial charge on any atom is -0.465 e. The van der Waals surface area contributed by atoms with Crippen molar-refractivity contribution in [2.24, 2.45) is 0 Å². The zero-order valence-corrected chi connectivity index (χ0v) is 10.7. The molecule has 0 aromatic carbocycles. The number of hydrogen-bond donors (Lipinski definition) is 1. The van der Waals surface area contributed by atoms with Crippen LogP contribution in [0.2, 0.25) is 0 Å². The smallest absolute Gasteiger partial charge is 0.413 e. The van der Waals surface area contributed by atoms with Crippen molar-refractivity contribution in [3.8, 4) is 0 Å². The summed E-state index contributed by atoms with van der Waals surface area (Å²) in [5.74, 6) is -0.153. The molecule has 0 spiro atoms. The second-order valence-corrected chi connectivity index (χ2v) is 4.85. The Morgan fingerprint density at radius 2 is 2.06 bits per heavy atom. The summed E-state index contributed by atoms with van der Waals surface area (Å²) in [6.07, 6.45) is 0.0861. The molecular weight excluding hydrogens is 238 g/mol. The van der Waals surface area contributed by atoms with Crippen LogP contribution in [0.3, 0.4) is 0 Å². The summed E-state index contributed by atoms with van der Waals surface area (Å²) in [6.45, 7) is 6.49. The van der Waals surface area contributed by atoms with Gasteiger partial charge in [0.1, 0.15) is 0 Å². The minimum absolute atomic E-state index is 0.153. The summed E-state index contributed by atoms with van der Waals surface area (Å²) in [5, 5.41) is 20.3. The number of hydrogen-bond acceptors (Lipinski definition) is 4. The molecule has 0 radical (unpaired) electrons. The van der Waals surface area contributed by atoms with Crippen LogP contribution in [0.15, 0.2) is 12.3 Å². The zero-order chi connectivity index (χ0) is 14.1. The highest BCUT2D eigenvalue weighted by molar-refractivity contribution is 5.89. The predicted molar refractivity (Wildman–Crippen MR) is 65.9 cm³/mol.